The summed E-state index contributed by atoms with van der Waals surface area (Å²) < 4.78 is 5.61. The number of benzene rings is 1. The van der Waals surface area contributed by atoms with Crippen LogP contribution in [0.3, 0.4) is 0 Å². The quantitative estimate of drug-likeness (QED) is 0.666. The van der Waals surface area contributed by atoms with Crippen molar-refractivity contribution in [3.63, 3.8) is 0 Å². The lowest BCUT2D eigenvalue weighted by Crippen LogP contribution is -2.46. The van der Waals surface area contributed by atoms with E-state index in [0.717, 1.165) is 16.7 Å². The second kappa shape index (κ2) is 6.88. The highest BCUT2D eigenvalue weighted by Gasteiger charge is 2.37. The molecule has 148 valence electrons. The number of hydrogen-bond donors (Lipinski definition) is 2. The van der Waals surface area contributed by atoms with Gasteiger partial charge in [-0.3, -0.25) is 9.59 Å². The summed E-state index contributed by atoms with van der Waals surface area (Å²) in [6.45, 7) is 8.10. The van der Waals surface area contributed by atoms with Crippen LogP contribution in [0.15, 0.2) is 50.8 Å². The first-order valence-corrected chi connectivity index (χ1v) is 9.51. The lowest BCUT2D eigenvalue weighted by Gasteiger charge is -2.21. The van der Waals surface area contributed by atoms with Gasteiger partial charge < -0.3 is 14.4 Å². The molecule has 0 amide bonds. The van der Waals surface area contributed by atoms with Crippen LogP contribution in [0.25, 0.3) is 12.2 Å². The molecule has 6 nitrogen and oxygen atoms in total. The van der Waals surface area contributed by atoms with E-state index in [0.29, 0.717) is 17.4 Å². The molecule has 0 saturated carbocycles. The van der Waals surface area contributed by atoms with Crippen LogP contribution in [0.1, 0.15) is 42.0 Å². The van der Waals surface area contributed by atoms with Crippen molar-refractivity contribution in [2.24, 2.45) is 5.92 Å². The molecule has 29 heavy (non-hydrogen) atoms. The fraction of sp³-hybridized carbons (Fsp3) is 0.261. The molecule has 0 bridgehead atoms. The normalized spacial score (nSPS) is 15.3. The van der Waals surface area contributed by atoms with Crippen LogP contribution in [0.2, 0.25) is 0 Å². The first-order valence-electron chi connectivity index (χ1n) is 9.51. The number of nitrogens with one attached hydrogen (secondary N) is 2. The Labute approximate surface area is 167 Å². The predicted molar refractivity (Wildman–Crippen MR) is 112 cm³/mol. The van der Waals surface area contributed by atoms with Crippen molar-refractivity contribution in [2.75, 3.05) is 0 Å². The standard InChI is InChI=1S/C23H23N3O3/c1-13-7-14(2)9-15(8-13)10-18-21(27)26-19(22(28)25-18)11-17-20(29-12-24-17)23(3,4)16-5-6-16/h5-12,16H,1-4H3,(H,25,28)(H,26,27)/b18-10-,19-11-. The van der Waals surface area contributed by atoms with E-state index < -0.39 is 5.56 Å². The minimum Gasteiger partial charge on any atom is -0.447 e. The van der Waals surface area contributed by atoms with E-state index in [1.807, 2.05) is 26.0 Å². The summed E-state index contributed by atoms with van der Waals surface area (Å²) in [6.07, 6.45) is 8.79. The Balaban J connectivity index is 1.80. The zero-order valence-corrected chi connectivity index (χ0v) is 16.9. The van der Waals surface area contributed by atoms with Crippen molar-refractivity contribution in [2.45, 2.75) is 33.1 Å². The van der Waals surface area contributed by atoms with Crippen molar-refractivity contribution >= 4 is 12.2 Å². The van der Waals surface area contributed by atoms with E-state index in [2.05, 4.69) is 47.0 Å². The molecule has 0 radical (unpaired) electrons. The van der Waals surface area contributed by atoms with E-state index in [9.17, 15) is 9.59 Å². The number of aryl methyl sites for hydroxylation is 2. The van der Waals surface area contributed by atoms with Gasteiger partial charge in [0.2, 0.25) is 0 Å². The number of rotatable bonds is 4. The smallest absolute Gasteiger partial charge is 0.272 e. The molecule has 2 N–H and O–H groups in total. The molecule has 2 aromatic heterocycles. The third-order valence-corrected chi connectivity index (χ3v) is 5.22. The zero-order valence-electron chi connectivity index (χ0n) is 16.9. The SMILES string of the molecule is Cc1cc(C)cc(/C=c2\[nH]c(=O)/c(=C/c3ncoc3C(C)(C)C3C=C3)[nH]c2=O)c1. The monoisotopic (exact) mass is 389 g/mol. The Morgan fingerprint density at radius 2 is 1.55 bits per heavy atom. The Morgan fingerprint density at radius 1 is 0.966 bits per heavy atom. The highest BCUT2D eigenvalue weighted by molar-refractivity contribution is 5.51. The van der Waals surface area contributed by atoms with Crippen LogP contribution < -0.4 is 21.8 Å². The van der Waals surface area contributed by atoms with Gasteiger partial charge in [0.1, 0.15) is 22.2 Å². The van der Waals surface area contributed by atoms with Crippen LogP contribution in [0, 0.1) is 19.8 Å². The molecule has 0 atom stereocenters. The second-order valence-corrected chi connectivity index (χ2v) is 8.14. The first-order chi connectivity index (χ1) is 13.7. The predicted octanol–water partition coefficient (Wildman–Crippen LogP) is 1.79. The van der Waals surface area contributed by atoms with Crippen molar-refractivity contribution in [1.82, 2.24) is 15.0 Å². The number of aromatic nitrogens is 3. The molecule has 2 heterocycles. The molecule has 1 aliphatic carbocycles. The number of oxazole rings is 1. The Morgan fingerprint density at radius 3 is 2.14 bits per heavy atom. The fourth-order valence-corrected chi connectivity index (χ4v) is 3.62. The molecule has 3 aromatic rings. The van der Waals surface area contributed by atoms with Crippen LogP contribution in [-0.4, -0.2) is 15.0 Å². The molecule has 1 aromatic carbocycles. The summed E-state index contributed by atoms with van der Waals surface area (Å²) >= 11 is 0. The van der Waals surface area contributed by atoms with E-state index >= 15 is 0 Å². The average molecular weight is 389 g/mol. The van der Waals surface area contributed by atoms with Crippen LogP contribution in [0.4, 0.5) is 0 Å². The maximum Gasteiger partial charge on any atom is 0.272 e. The van der Waals surface area contributed by atoms with Gasteiger partial charge in [0, 0.05) is 11.3 Å². The van der Waals surface area contributed by atoms with Gasteiger partial charge in [-0.25, -0.2) is 4.98 Å². The van der Waals surface area contributed by atoms with Crippen LogP contribution >= 0.6 is 0 Å². The Bertz CT molecular complexity index is 1330. The van der Waals surface area contributed by atoms with Crippen molar-refractivity contribution in [1.29, 1.82) is 0 Å². The van der Waals surface area contributed by atoms with E-state index in [1.54, 1.807) is 12.2 Å². The van der Waals surface area contributed by atoms with Gasteiger partial charge in [-0.1, -0.05) is 55.3 Å². The van der Waals surface area contributed by atoms with E-state index in [4.69, 9.17) is 4.42 Å². The summed E-state index contributed by atoms with van der Waals surface area (Å²) in [5.41, 5.74) is 2.54. The lowest BCUT2D eigenvalue weighted by atomic mass is 9.82. The first kappa shape index (κ1) is 18.9. The van der Waals surface area contributed by atoms with Crippen LogP contribution in [0.5, 0.6) is 0 Å². The second-order valence-electron chi connectivity index (χ2n) is 8.14. The third kappa shape index (κ3) is 3.78. The highest BCUT2D eigenvalue weighted by Crippen LogP contribution is 2.41. The number of allylic oxidation sites excluding steroid dienone is 2. The van der Waals surface area contributed by atoms with Gasteiger partial charge in [-0.15, -0.1) is 0 Å². The maximum atomic E-state index is 12.6. The molecule has 0 aliphatic heterocycles. The molecule has 0 saturated heterocycles. The largest absolute Gasteiger partial charge is 0.447 e. The zero-order chi connectivity index (χ0) is 20.8. The number of hydrogen-bond acceptors (Lipinski definition) is 4. The summed E-state index contributed by atoms with van der Waals surface area (Å²) in [4.78, 5) is 34.8. The molecule has 4 rings (SSSR count). The van der Waals surface area contributed by atoms with Gasteiger partial charge in [0.15, 0.2) is 6.39 Å². The summed E-state index contributed by atoms with van der Waals surface area (Å²) in [5.74, 6) is 0.980. The minimum atomic E-state index is -0.392. The Hall–Kier alpha value is -3.41. The molecular weight excluding hydrogens is 366 g/mol. The Kier molecular flexibility index (Phi) is 4.49. The summed E-state index contributed by atoms with van der Waals surface area (Å²) in [5, 5.41) is 0.349. The molecule has 6 heteroatoms. The van der Waals surface area contributed by atoms with Crippen molar-refractivity contribution in [3.8, 4) is 0 Å². The molecular formula is C23H23N3O3. The van der Waals surface area contributed by atoms with Crippen LogP contribution in [-0.2, 0) is 5.41 Å². The topological polar surface area (TPSA) is 91.8 Å². The number of aromatic amines is 2. The third-order valence-electron chi connectivity index (χ3n) is 5.22. The molecule has 0 spiro atoms. The molecule has 0 fully saturated rings. The van der Waals surface area contributed by atoms with Gasteiger partial charge in [0.05, 0.1) is 0 Å². The van der Waals surface area contributed by atoms with Gasteiger partial charge in [-0.2, -0.15) is 0 Å². The summed E-state index contributed by atoms with van der Waals surface area (Å²) in [6, 6.07) is 5.97. The summed E-state index contributed by atoms with van der Waals surface area (Å²) in [7, 11) is 0. The minimum absolute atomic E-state index is 0.141. The van der Waals surface area contributed by atoms with Gasteiger partial charge in [-0.05, 0) is 31.6 Å². The average Bonchev–Trinajstić information content (AvgIpc) is 3.39. The molecule has 0 unspecified atom stereocenters. The van der Waals surface area contributed by atoms with E-state index in [-0.39, 0.29) is 21.7 Å². The van der Waals surface area contributed by atoms with Gasteiger partial charge in [0.25, 0.3) is 11.1 Å². The van der Waals surface area contributed by atoms with Crippen molar-refractivity contribution < 1.29 is 4.42 Å². The fourth-order valence-electron chi connectivity index (χ4n) is 3.62. The van der Waals surface area contributed by atoms with E-state index in [1.165, 1.54) is 6.39 Å². The van der Waals surface area contributed by atoms with Crippen molar-refractivity contribution in [3.05, 3.63) is 96.3 Å². The lowest BCUT2D eigenvalue weighted by molar-refractivity contribution is 0.361. The number of nitrogens with zero attached hydrogens (tertiary/aromatic N) is 1. The highest BCUT2D eigenvalue weighted by atomic mass is 16.3. The van der Waals surface area contributed by atoms with Gasteiger partial charge >= 0.3 is 0 Å². The maximum absolute atomic E-state index is 12.6. The molecule has 1 aliphatic rings. The number of H-pyrrole nitrogens is 2.